The highest BCUT2D eigenvalue weighted by molar-refractivity contribution is 7.98. The van der Waals surface area contributed by atoms with Crippen LogP contribution in [0.25, 0.3) is 10.9 Å². The molecule has 138 valence electrons. The summed E-state index contributed by atoms with van der Waals surface area (Å²) < 4.78 is 1.86. The Kier molecular flexibility index (Phi) is 5.68. The molecule has 0 bridgehead atoms. The molecule has 0 amide bonds. The average molecular weight is 378 g/mol. The lowest BCUT2D eigenvalue weighted by molar-refractivity contribution is 0.569. The van der Waals surface area contributed by atoms with Crippen LogP contribution >= 0.6 is 11.8 Å². The fraction of sp³-hybridized carbons (Fsp3) is 0.318. The van der Waals surface area contributed by atoms with E-state index >= 15 is 0 Å². The van der Waals surface area contributed by atoms with Crippen molar-refractivity contribution in [2.45, 2.75) is 49.6 Å². The van der Waals surface area contributed by atoms with Crippen molar-refractivity contribution in [2.75, 3.05) is 0 Å². The van der Waals surface area contributed by atoms with Crippen LogP contribution in [0.5, 0.6) is 0 Å². The Morgan fingerprint density at radius 2 is 1.93 bits per heavy atom. The number of hydrogen-bond donors (Lipinski definition) is 0. The maximum atomic E-state index is 13.1. The number of rotatable bonds is 6. The molecule has 4 rings (SSSR count). The van der Waals surface area contributed by atoms with Crippen molar-refractivity contribution < 1.29 is 0 Å². The maximum absolute atomic E-state index is 13.1. The molecule has 1 aliphatic carbocycles. The smallest absolute Gasteiger partial charge is 0.262 e. The highest BCUT2D eigenvalue weighted by Gasteiger charge is 2.13. The third-order valence-electron chi connectivity index (χ3n) is 4.99. The van der Waals surface area contributed by atoms with E-state index < -0.39 is 0 Å². The molecule has 4 nitrogen and oxygen atoms in total. The Morgan fingerprint density at radius 1 is 1.07 bits per heavy atom. The lowest BCUT2D eigenvalue weighted by atomic mass is 9.97. The van der Waals surface area contributed by atoms with Crippen LogP contribution in [0.2, 0.25) is 0 Å². The second-order valence-corrected chi connectivity index (χ2v) is 7.81. The highest BCUT2D eigenvalue weighted by Crippen LogP contribution is 2.24. The van der Waals surface area contributed by atoms with Gasteiger partial charge in [-0.15, -0.1) is 0 Å². The normalized spacial score (nSPS) is 14.3. The van der Waals surface area contributed by atoms with Gasteiger partial charge in [0.1, 0.15) is 0 Å². The molecule has 0 saturated heterocycles. The quantitative estimate of drug-likeness (QED) is 0.345. The zero-order valence-electron chi connectivity index (χ0n) is 15.3. The molecule has 0 unspecified atom stereocenters. The molecule has 5 heteroatoms. The van der Waals surface area contributed by atoms with Crippen LogP contribution in [-0.4, -0.2) is 14.5 Å². The number of aromatic nitrogens is 3. The molecule has 0 aliphatic heterocycles. The number of hydrogen-bond acceptors (Lipinski definition) is 4. The number of allylic oxidation sites excluding steroid dienone is 2. The van der Waals surface area contributed by atoms with E-state index in [2.05, 4.69) is 11.1 Å². The van der Waals surface area contributed by atoms with Gasteiger partial charge in [0.05, 0.1) is 10.9 Å². The Morgan fingerprint density at radius 3 is 2.74 bits per heavy atom. The predicted octanol–water partition coefficient (Wildman–Crippen LogP) is 4.97. The first-order valence-corrected chi connectivity index (χ1v) is 10.5. The van der Waals surface area contributed by atoms with Crippen molar-refractivity contribution in [3.63, 3.8) is 0 Å². The van der Waals surface area contributed by atoms with E-state index in [1.807, 2.05) is 41.0 Å². The average Bonchev–Trinajstić information content (AvgIpc) is 2.73. The van der Waals surface area contributed by atoms with Gasteiger partial charge < -0.3 is 0 Å². The van der Waals surface area contributed by atoms with E-state index in [0.29, 0.717) is 11.9 Å². The zero-order valence-corrected chi connectivity index (χ0v) is 16.1. The summed E-state index contributed by atoms with van der Waals surface area (Å²) in [4.78, 5) is 22.0. The van der Waals surface area contributed by atoms with Crippen LogP contribution in [0.1, 0.15) is 37.7 Å². The third kappa shape index (κ3) is 4.30. The van der Waals surface area contributed by atoms with Gasteiger partial charge >= 0.3 is 0 Å². The van der Waals surface area contributed by atoms with Gasteiger partial charge in [-0.2, -0.15) is 0 Å². The topological polar surface area (TPSA) is 47.8 Å². The van der Waals surface area contributed by atoms with Gasteiger partial charge in [-0.3, -0.25) is 14.3 Å². The summed E-state index contributed by atoms with van der Waals surface area (Å²) in [5.41, 5.74) is 3.49. The molecule has 0 saturated carbocycles. The molecule has 0 fully saturated rings. The molecular weight excluding hydrogens is 354 g/mol. The van der Waals surface area contributed by atoms with Crippen LogP contribution in [0.15, 0.2) is 70.4 Å². The van der Waals surface area contributed by atoms with Crippen LogP contribution < -0.4 is 5.56 Å². The van der Waals surface area contributed by atoms with E-state index in [9.17, 15) is 4.79 Å². The first kappa shape index (κ1) is 18.0. The van der Waals surface area contributed by atoms with Gasteiger partial charge in [-0.05, 0) is 61.9 Å². The standard InChI is InChI=1S/C22H23N3OS/c26-21-19-8-4-5-9-20(19)24-22(27-16-18-10-13-23-14-11-18)25(21)15-12-17-6-2-1-3-7-17/h4-6,8-11,13-14H,1-3,7,12,15-16H2. The molecule has 2 aromatic heterocycles. The minimum Gasteiger partial charge on any atom is -0.287 e. The summed E-state index contributed by atoms with van der Waals surface area (Å²) >= 11 is 1.62. The van der Waals surface area contributed by atoms with Crippen molar-refractivity contribution in [3.8, 4) is 0 Å². The summed E-state index contributed by atoms with van der Waals surface area (Å²) in [7, 11) is 0. The molecule has 2 heterocycles. The number of benzene rings is 1. The van der Waals surface area contributed by atoms with Crippen molar-refractivity contribution in [1.29, 1.82) is 0 Å². The molecule has 0 N–H and O–H groups in total. The summed E-state index contributed by atoms with van der Waals surface area (Å²) in [5.74, 6) is 0.774. The Hall–Kier alpha value is -2.40. The number of thioether (sulfide) groups is 1. The minimum absolute atomic E-state index is 0.0641. The highest BCUT2D eigenvalue weighted by atomic mass is 32.2. The second-order valence-electron chi connectivity index (χ2n) is 6.87. The lowest BCUT2D eigenvalue weighted by Crippen LogP contribution is -2.23. The Labute approximate surface area is 163 Å². The third-order valence-corrected chi connectivity index (χ3v) is 6.03. The second kappa shape index (κ2) is 8.53. The molecule has 0 atom stereocenters. The SMILES string of the molecule is O=c1c2ccccc2nc(SCc2ccncc2)n1CCC1=CCCCC1. The summed E-state index contributed by atoms with van der Waals surface area (Å²) in [6.07, 6.45) is 11.8. The first-order valence-electron chi connectivity index (χ1n) is 9.50. The van der Waals surface area contributed by atoms with E-state index in [1.54, 1.807) is 24.2 Å². The van der Waals surface area contributed by atoms with Gasteiger partial charge in [0, 0.05) is 24.7 Å². The van der Waals surface area contributed by atoms with Gasteiger partial charge in [-0.25, -0.2) is 4.98 Å². The van der Waals surface area contributed by atoms with Gasteiger partial charge in [0.25, 0.3) is 5.56 Å². The van der Waals surface area contributed by atoms with Gasteiger partial charge in [0.15, 0.2) is 5.16 Å². The molecule has 27 heavy (non-hydrogen) atoms. The number of pyridine rings is 1. The zero-order chi connectivity index (χ0) is 18.5. The lowest BCUT2D eigenvalue weighted by Gasteiger charge is -2.16. The van der Waals surface area contributed by atoms with E-state index in [1.165, 1.54) is 30.4 Å². The molecule has 1 aliphatic rings. The van der Waals surface area contributed by atoms with Gasteiger partial charge in [0.2, 0.25) is 0 Å². The van der Waals surface area contributed by atoms with Crippen LogP contribution in [0.3, 0.4) is 0 Å². The predicted molar refractivity (Wildman–Crippen MR) is 111 cm³/mol. The van der Waals surface area contributed by atoms with E-state index in [4.69, 9.17) is 4.98 Å². The number of para-hydroxylation sites is 1. The Balaban J connectivity index is 1.64. The van der Waals surface area contributed by atoms with E-state index in [0.717, 1.165) is 29.3 Å². The van der Waals surface area contributed by atoms with Crippen LogP contribution in [0, 0.1) is 0 Å². The molecule has 0 spiro atoms. The Bertz CT molecular complexity index is 1010. The van der Waals surface area contributed by atoms with Crippen molar-refractivity contribution in [3.05, 3.63) is 76.4 Å². The minimum atomic E-state index is 0.0641. The van der Waals surface area contributed by atoms with Crippen molar-refractivity contribution in [1.82, 2.24) is 14.5 Å². The van der Waals surface area contributed by atoms with Crippen LogP contribution in [0.4, 0.5) is 0 Å². The van der Waals surface area contributed by atoms with E-state index in [-0.39, 0.29) is 5.56 Å². The molecule has 1 aromatic carbocycles. The number of nitrogens with zero attached hydrogens (tertiary/aromatic N) is 3. The summed E-state index contributed by atoms with van der Waals surface area (Å²) in [6.45, 7) is 0.696. The molecule has 0 radical (unpaired) electrons. The number of fused-ring (bicyclic) bond motifs is 1. The summed E-state index contributed by atoms with van der Waals surface area (Å²) in [5, 5.41) is 1.50. The summed E-state index contributed by atoms with van der Waals surface area (Å²) in [6, 6.07) is 11.6. The monoisotopic (exact) mass is 377 g/mol. The largest absolute Gasteiger partial charge is 0.287 e. The van der Waals surface area contributed by atoms with Crippen molar-refractivity contribution >= 4 is 22.7 Å². The molecule has 3 aromatic rings. The van der Waals surface area contributed by atoms with Crippen molar-refractivity contribution in [2.24, 2.45) is 0 Å². The maximum Gasteiger partial charge on any atom is 0.262 e. The molecular formula is C22H23N3OS. The van der Waals surface area contributed by atoms with Gasteiger partial charge in [-0.1, -0.05) is 35.5 Å². The first-order chi connectivity index (χ1) is 13.3. The fourth-order valence-corrected chi connectivity index (χ4v) is 4.45. The van der Waals surface area contributed by atoms with Crippen LogP contribution in [-0.2, 0) is 12.3 Å². The fourth-order valence-electron chi connectivity index (χ4n) is 3.47.